The van der Waals surface area contributed by atoms with E-state index in [1.165, 1.54) is 4.90 Å². The van der Waals surface area contributed by atoms with E-state index in [-0.39, 0.29) is 30.6 Å². The average molecular weight is 500 g/mol. The first-order valence-corrected chi connectivity index (χ1v) is 11.5. The molecule has 6 amide bonds. The molecule has 1 atom stereocenters. The molecule has 1 heterocycles. The molecule has 11 heteroatoms. The van der Waals surface area contributed by atoms with Crippen molar-refractivity contribution in [3.05, 3.63) is 64.7 Å². The van der Waals surface area contributed by atoms with Gasteiger partial charge in [0.1, 0.15) is 23.7 Å². The van der Waals surface area contributed by atoms with Gasteiger partial charge in [-0.25, -0.2) is 18.4 Å². The van der Waals surface area contributed by atoms with Crippen molar-refractivity contribution in [1.82, 2.24) is 20.4 Å². The van der Waals surface area contributed by atoms with Crippen molar-refractivity contribution in [2.75, 3.05) is 18.9 Å². The minimum atomic E-state index is -0.978. The molecule has 2 aromatic rings. The largest absolute Gasteiger partial charge is 0.336 e. The van der Waals surface area contributed by atoms with Crippen molar-refractivity contribution < 1.29 is 28.0 Å². The molecule has 0 radical (unpaired) electrons. The number of amides is 6. The number of nitrogens with one attached hydrogen (secondary N) is 3. The van der Waals surface area contributed by atoms with Crippen LogP contribution in [0.2, 0.25) is 0 Å². The second-order valence-corrected chi connectivity index (χ2v) is 9.47. The van der Waals surface area contributed by atoms with Crippen LogP contribution in [0.5, 0.6) is 0 Å². The molecular weight excluding hydrogens is 472 g/mol. The summed E-state index contributed by atoms with van der Waals surface area (Å²) in [5.74, 6) is -2.42. The number of fused-ring (bicyclic) bond motifs is 1. The van der Waals surface area contributed by atoms with Crippen LogP contribution in [0.15, 0.2) is 36.4 Å². The van der Waals surface area contributed by atoms with Gasteiger partial charge in [0.2, 0.25) is 5.91 Å². The fraction of sp³-hybridized carbons (Fsp3) is 0.360. The molecule has 3 N–H and O–H groups in total. The number of hydrogen-bond acceptors (Lipinski definition) is 4. The van der Waals surface area contributed by atoms with Gasteiger partial charge in [0.25, 0.3) is 5.91 Å². The van der Waals surface area contributed by atoms with Crippen molar-refractivity contribution in [3.63, 3.8) is 0 Å². The van der Waals surface area contributed by atoms with Gasteiger partial charge >= 0.3 is 12.1 Å². The summed E-state index contributed by atoms with van der Waals surface area (Å²) >= 11 is 0. The Hall–Kier alpha value is -4.02. The second kappa shape index (κ2) is 9.56. The van der Waals surface area contributed by atoms with Gasteiger partial charge in [-0.3, -0.25) is 14.9 Å². The Morgan fingerprint density at radius 1 is 1.08 bits per heavy atom. The highest BCUT2D eigenvalue weighted by atomic mass is 19.1. The van der Waals surface area contributed by atoms with Crippen molar-refractivity contribution in [3.8, 4) is 0 Å². The number of hydrogen-bond donors (Lipinski definition) is 3. The van der Waals surface area contributed by atoms with Gasteiger partial charge in [-0.15, -0.1) is 0 Å². The number of likely N-dealkylation sites (N-methyl/N-ethyl adjacent to an activating group) is 1. The molecular formula is C25H27F2N5O4. The van der Waals surface area contributed by atoms with Gasteiger partial charge in [-0.1, -0.05) is 6.07 Å². The summed E-state index contributed by atoms with van der Waals surface area (Å²) in [6.07, 6.45) is 0.687. The number of halogens is 2. The molecule has 0 unspecified atom stereocenters. The zero-order valence-electron chi connectivity index (χ0n) is 20.2. The third-order valence-electron chi connectivity index (χ3n) is 6.38. The third kappa shape index (κ3) is 5.00. The van der Waals surface area contributed by atoms with E-state index in [9.17, 15) is 28.0 Å². The predicted molar refractivity (Wildman–Crippen MR) is 127 cm³/mol. The lowest BCUT2D eigenvalue weighted by Crippen LogP contribution is -2.48. The maximum Gasteiger partial charge on any atom is 0.324 e. The van der Waals surface area contributed by atoms with Crippen molar-refractivity contribution >= 4 is 29.6 Å². The summed E-state index contributed by atoms with van der Waals surface area (Å²) in [5.41, 5.74) is 1.42. The molecule has 9 nitrogen and oxygen atoms in total. The van der Waals surface area contributed by atoms with Crippen LogP contribution >= 0.6 is 0 Å². The smallest absolute Gasteiger partial charge is 0.324 e. The Morgan fingerprint density at radius 2 is 1.75 bits per heavy atom. The Bertz CT molecular complexity index is 1230. The summed E-state index contributed by atoms with van der Waals surface area (Å²) in [4.78, 5) is 52.5. The molecule has 1 fully saturated rings. The van der Waals surface area contributed by atoms with Crippen molar-refractivity contribution in [1.29, 1.82) is 0 Å². The monoisotopic (exact) mass is 499 g/mol. The number of imide groups is 1. The molecule has 0 bridgehead atoms. The van der Waals surface area contributed by atoms with Crippen LogP contribution in [0, 0.1) is 11.6 Å². The summed E-state index contributed by atoms with van der Waals surface area (Å²) in [5, 5.41) is 7.77. The normalized spacial score (nSPS) is 18.4. The number of carbonyl (C=O) groups excluding carboxylic acids is 4. The lowest BCUT2D eigenvalue weighted by atomic mass is 9.95. The Labute approximate surface area is 206 Å². The highest BCUT2D eigenvalue weighted by Gasteiger charge is 2.54. The lowest BCUT2D eigenvalue weighted by Gasteiger charge is -2.27. The number of carbonyl (C=O) groups is 4. The lowest BCUT2D eigenvalue weighted by molar-refractivity contribution is -0.125. The maximum atomic E-state index is 13.6. The average Bonchev–Trinajstić information content (AvgIpc) is 3.25. The van der Waals surface area contributed by atoms with Crippen LogP contribution in [-0.2, 0) is 29.0 Å². The first kappa shape index (κ1) is 25.1. The molecule has 4 rings (SSSR count). The van der Waals surface area contributed by atoms with Crippen LogP contribution in [0.3, 0.4) is 0 Å². The third-order valence-corrected chi connectivity index (χ3v) is 6.38. The molecule has 1 aliphatic heterocycles. The standard InChI is InChI=1S/C25H27F2N5O4/c1-14(2)28-24(36)32(12-15-6-18(26)9-19(27)7-15)13-21(33)29-20-5-4-16-10-25(11-17(16)8-20)22(34)30-23(35)31(25)3/h4-9,14H,10-13H2,1-3H3,(H,28,36)(H,29,33)(H,30,34,35)/t25-/m0/s1. The molecule has 190 valence electrons. The summed E-state index contributed by atoms with van der Waals surface area (Å²) < 4.78 is 27.3. The van der Waals surface area contributed by atoms with Gasteiger partial charge < -0.3 is 20.4 Å². The molecule has 2 aliphatic rings. The molecule has 0 aromatic heterocycles. The van der Waals surface area contributed by atoms with Gasteiger partial charge in [0.05, 0.1) is 0 Å². The molecule has 1 aliphatic carbocycles. The van der Waals surface area contributed by atoms with E-state index in [1.807, 2.05) is 0 Å². The first-order valence-electron chi connectivity index (χ1n) is 11.5. The van der Waals surface area contributed by atoms with Gasteiger partial charge in [-0.2, -0.15) is 0 Å². The number of nitrogens with zero attached hydrogens (tertiary/aromatic N) is 2. The number of benzene rings is 2. The van der Waals surface area contributed by atoms with E-state index in [1.54, 1.807) is 39.1 Å². The fourth-order valence-corrected chi connectivity index (χ4v) is 4.61. The number of urea groups is 2. The van der Waals surface area contributed by atoms with Gasteiger partial charge in [0, 0.05) is 44.2 Å². The SMILES string of the molecule is CC(C)NC(=O)N(CC(=O)Nc1ccc2c(c1)C[C@@]1(C2)C(=O)NC(=O)N1C)Cc1cc(F)cc(F)c1. The minimum absolute atomic E-state index is 0.178. The molecule has 1 saturated heterocycles. The Kier molecular flexibility index (Phi) is 6.66. The highest BCUT2D eigenvalue weighted by molar-refractivity contribution is 6.07. The quantitative estimate of drug-likeness (QED) is 0.531. The van der Waals surface area contributed by atoms with E-state index < -0.39 is 35.1 Å². The summed E-state index contributed by atoms with van der Waals surface area (Å²) in [6.45, 7) is 2.97. The van der Waals surface area contributed by atoms with Crippen molar-refractivity contribution in [2.24, 2.45) is 0 Å². The number of anilines is 1. The number of rotatable bonds is 6. The predicted octanol–water partition coefficient (Wildman–Crippen LogP) is 2.54. The molecule has 36 heavy (non-hydrogen) atoms. The van der Waals surface area contributed by atoms with Crippen LogP contribution in [0.25, 0.3) is 0 Å². The topological polar surface area (TPSA) is 111 Å². The highest BCUT2D eigenvalue weighted by Crippen LogP contribution is 2.38. The van der Waals surface area contributed by atoms with Gasteiger partial charge in [0.15, 0.2) is 0 Å². The second-order valence-electron chi connectivity index (χ2n) is 9.47. The summed E-state index contributed by atoms with van der Waals surface area (Å²) in [7, 11) is 1.58. The Balaban J connectivity index is 1.47. The molecule has 0 saturated carbocycles. The van der Waals surface area contributed by atoms with E-state index in [0.29, 0.717) is 18.5 Å². The van der Waals surface area contributed by atoms with Crippen LogP contribution in [0.1, 0.15) is 30.5 Å². The van der Waals surface area contributed by atoms with E-state index in [2.05, 4.69) is 16.0 Å². The van der Waals surface area contributed by atoms with Crippen LogP contribution < -0.4 is 16.0 Å². The van der Waals surface area contributed by atoms with Crippen molar-refractivity contribution in [2.45, 2.75) is 44.8 Å². The van der Waals surface area contributed by atoms with Crippen LogP contribution in [0.4, 0.5) is 24.1 Å². The first-order chi connectivity index (χ1) is 17.0. The maximum absolute atomic E-state index is 13.6. The Morgan fingerprint density at radius 3 is 2.36 bits per heavy atom. The summed E-state index contributed by atoms with van der Waals surface area (Å²) in [6, 6.07) is 6.95. The van der Waals surface area contributed by atoms with E-state index >= 15 is 0 Å². The molecule has 2 aromatic carbocycles. The van der Waals surface area contributed by atoms with E-state index in [4.69, 9.17) is 0 Å². The minimum Gasteiger partial charge on any atom is -0.336 e. The van der Waals surface area contributed by atoms with Gasteiger partial charge in [-0.05, 0) is 54.8 Å². The van der Waals surface area contributed by atoms with E-state index in [0.717, 1.165) is 34.2 Å². The zero-order chi connectivity index (χ0) is 26.2. The fourth-order valence-electron chi connectivity index (χ4n) is 4.61. The zero-order valence-corrected chi connectivity index (χ0v) is 20.2. The van der Waals surface area contributed by atoms with Crippen LogP contribution in [-0.4, -0.2) is 58.8 Å². The molecule has 1 spiro atoms.